The molecule has 1 aliphatic carbocycles. The Kier molecular flexibility index (Phi) is 4.52. The molecule has 2 fully saturated rings. The first kappa shape index (κ1) is 17.2. The van der Waals surface area contributed by atoms with Gasteiger partial charge in [-0.1, -0.05) is 12.8 Å². The summed E-state index contributed by atoms with van der Waals surface area (Å²) in [4.78, 5) is 14.1. The van der Waals surface area contributed by atoms with E-state index in [0.717, 1.165) is 31.7 Å². The molecule has 2 aliphatic rings. The molecule has 8 heteroatoms. The van der Waals surface area contributed by atoms with Gasteiger partial charge >= 0.3 is 6.18 Å². The predicted octanol–water partition coefficient (Wildman–Crippen LogP) is 3.71. The Morgan fingerprint density at radius 1 is 1.08 bits per heavy atom. The van der Waals surface area contributed by atoms with E-state index in [1.807, 2.05) is 4.90 Å². The van der Waals surface area contributed by atoms with Crippen LogP contribution in [-0.4, -0.2) is 40.2 Å². The second kappa shape index (κ2) is 6.83. The van der Waals surface area contributed by atoms with Crippen LogP contribution in [0.4, 0.5) is 19.0 Å². The van der Waals surface area contributed by atoms with Crippen molar-refractivity contribution in [3.63, 3.8) is 0 Å². The molecule has 1 saturated carbocycles. The second-order valence-electron chi connectivity index (χ2n) is 6.62. The van der Waals surface area contributed by atoms with Gasteiger partial charge in [0.1, 0.15) is 5.82 Å². The summed E-state index contributed by atoms with van der Waals surface area (Å²) in [6, 6.07) is 4.35. The smallest absolute Gasteiger partial charge is 0.374 e. The highest BCUT2D eigenvalue weighted by molar-refractivity contribution is 5.58. The summed E-state index contributed by atoms with van der Waals surface area (Å²) in [5.41, 5.74) is -0.408. The van der Waals surface area contributed by atoms with E-state index < -0.39 is 11.9 Å². The lowest BCUT2D eigenvalue weighted by molar-refractivity contribution is -0.141. The van der Waals surface area contributed by atoms with E-state index in [0.29, 0.717) is 24.5 Å². The van der Waals surface area contributed by atoms with E-state index >= 15 is 0 Å². The molecule has 0 radical (unpaired) electrons. The molecule has 2 atom stereocenters. The molecule has 138 valence electrons. The Hall–Kier alpha value is -2.22. The first-order chi connectivity index (χ1) is 12.5. The number of anilines is 1. The molecule has 3 heterocycles. The molecule has 1 saturated heterocycles. The number of rotatable bonds is 2. The van der Waals surface area contributed by atoms with Gasteiger partial charge in [-0.05, 0) is 25.0 Å². The van der Waals surface area contributed by atoms with Crippen molar-refractivity contribution in [3.05, 3.63) is 36.3 Å². The molecule has 2 unspecified atom stereocenters. The summed E-state index contributed by atoms with van der Waals surface area (Å²) >= 11 is 0. The van der Waals surface area contributed by atoms with Crippen molar-refractivity contribution in [2.24, 2.45) is 0 Å². The van der Waals surface area contributed by atoms with Crippen molar-refractivity contribution >= 4 is 5.82 Å². The van der Waals surface area contributed by atoms with Crippen LogP contribution in [0.3, 0.4) is 0 Å². The third kappa shape index (κ3) is 3.38. The molecule has 0 spiro atoms. The van der Waals surface area contributed by atoms with Gasteiger partial charge in [-0.2, -0.15) is 13.2 Å². The number of pyridine rings is 1. The number of halogens is 3. The number of ether oxygens (including phenoxy) is 1. The fourth-order valence-electron chi connectivity index (χ4n) is 3.74. The summed E-state index contributed by atoms with van der Waals surface area (Å²) in [7, 11) is 0. The Bertz CT molecular complexity index is 767. The SMILES string of the molecule is FC(F)(F)c1cc(N2CCOC3CCCCC32)nc(-c2ccncc2)n1. The minimum Gasteiger partial charge on any atom is -0.374 e. The number of alkyl halides is 3. The van der Waals surface area contributed by atoms with Crippen molar-refractivity contribution < 1.29 is 17.9 Å². The highest BCUT2D eigenvalue weighted by Crippen LogP contribution is 2.35. The molecule has 0 aromatic carbocycles. The minimum atomic E-state index is -4.53. The van der Waals surface area contributed by atoms with Crippen molar-refractivity contribution in [2.75, 3.05) is 18.1 Å². The minimum absolute atomic E-state index is 0.0613. The number of fused-ring (bicyclic) bond motifs is 1. The first-order valence-electron chi connectivity index (χ1n) is 8.77. The predicted molar refractivity (Wildman–Crippen MR) is 89.6 cm³/mol. The van der Waals surface area contributed by atoms with Crippen LogP contribution in [-0.2, 0) is 10.9 Å². The summed E-state index contributed by atoms with van der Waals surface area (Å²) in [5, 5.41) is 0. The fourth-order valence-corrected chi connectivity index (χ4v) is 3.74. The molecule has 0 N–H and O–H groups in total. The van der Waals surface area contributed by atoms with Crippen molar-refractivity contribution in [1.29, 1.82) is 0 Å². The number of aromatic nitrogens is 3. The average Bonchev–Trinajstić information content (AvgIpc) is 2.67. The van der Waals surface area contributed by atoms with Crippen LogP contribution >= 0.6 is 0 Å². The lowest BCUT2D eigenvalue weighted by Gasteiger charge is -2.44. The maximum absolute atomic E-state index is 13.4. The molecule has 5 nitrogen and oxygen atoms in total. The van der Waals surface area contributed by atoms with E-state index in [1.165, 1.54) is 12.4 Å². The van der Waals surface area contributed by atoms with Crippen LogP contribution in [0.1, 0.15) is 31.4 Å². The highest BCUT2D eigenvalue weighted by atomic mass is 19.4. The summed E-state index contributed by atoms with van der Waals surface area (Å²) in [6.07, 6.45) is 2.55. The zero-order chi connectivity index (χ0) is 18.1. The Morgan fingerprint density at radius 2 is 1.85 bits per heavy atom. The van der Waals surface area contributed by atoms with Crippen LogP contribution in [0, 0.1) is 0 Å². The Labute approximate surface area is 149 Å². The Balaban J connectivity index is 1.77. The van der Waals surface area contributed by atoms with Crippen molar-refractivity contribution in [3.8, 4) is 11.4 Å². The van der Waals surface area contributed by atoms with Gasteiger partial charge in [0.15, 0.2) is 11.5 Å². The number of nitrogens with zero attached hydrogens (tertiary/aromatic N) is 4. The molecule has 4 rings (SSSR count). The van der Waals surface area contributed by atoms with Crippen molar-refractivity contribution in [2.45, 2.75) is 44.0 Å². The van der Waals surface area contributed by atoms with Crippen LogP contribution < -0.4 is 4.90 Å². The summed E-state index contributed by atoms with van der Waals surface area (Å²) < 4.78 is 46.1. The summed E-state index contributed by atoms with van der Waals surface area (Å²) in [5.74, 6) is 0.385. The molecule has 26 heavy (non-hydrogen) atoms. The normalized spacial score (nSPS) is 23.6. The van der Waals surface area contributed by atoms with Gasteiger partial charge in [0.05, 0.1) is 18.8 Å². The second-order valence-corrected chi connectivity index (χ2v) is 6.62. The van der Waals surface area contributed by atoms with Gasteiger partial charge in [-0.3, -0.25) is 4.98 Å². The molecule has 1 aliphatic heterocycles. The highest BCUT2D eigenvalue weighted by Gasteiger charge is 2.38. The molecular weight excluding hydrogens is 345 g/mol. The van der Waals surface area contributed by atoms with E-state index in [2.05, 4.69) is 15.0 Å². The van der Waals surface area contributed by atoms with E-state index in [1.54, 1.807) is 12.1 Å². The third-order valence-corrected chi connectivity index (χ3v) is 4.97. The molecule has 2 aromatic rings. The molecule has 0 amide bonds. The molecule has 0 bridgehead atoms. The lowest BCUT2D eigenvalue weighted by atomic mass is 9.90. The summed E-state index contributed by atoms with van der Waals surface area (Å²) in [6.45, 7) is 1.03. The van der Waals surface area contributed by atoms with Gasteiger partial charge in [0.2, 0.25) is 0 Å². The molecule has 2 aromatic heterocycles. The average molecular weight is 364 g/mol. The van der Waals surface area contributed by atoms with Crippen LogP contribution in [0.2, 0.25) is 0 Å². The van der Waals surface area contributed by atoms with E-state index in [4.69, 9.17) is 4.74 Å². The number of hydrogen-bond donors (Lipinski definition) is 0. The van der Waals surface area contributed by atoms with Crippen LogP contribution in [0.5, 0.6) is 0 Å². The standard InChI is InChI=1S/C18H19F3N4O/c19-18(20,21)15-11-16(24-17(23-15)12-5-7-22-8-6-12)25-9-10-26-14-4-2-1-3-13(14)25/h5-8,11,13-14H,1-4,9-10H2. The van der Waals surface area contributed by atoms with E-state index in [-0.39, 0.29) is 18.0 Å². The van der Waals surface area contributed by atoms with Gasteiger partial charge in [0.25, 0.3) is 0 Å². The monoisotopic (exact) mass is 364 g/mol. The van der Waals surface area contributed by atoms with Gasteiger partial charge in [0, 0.05) is 30.6 Å². The third-order valence-electron chi connectivity index (χ3n) is 4.97. The quantitative estimate of drug-likeness (QED) is 0.813. The zero-order valence-electron chi connectivity index (χ0n) is 14.1. The van der Waals surface area contributed by atoms with Crippen molar-refractivity contribution in [1.82, 2.24) is 15.0 Å². The Morgan fingerprint density at radius 3 is 2.62 bits per heavy atom. The number of hydrogen-bond acceptors (Lipinski definition) is 5. The first-order valence-corrected chi connectivity index (χ1v) is 8.77. The van der Waals surface area contributed by atoms with E-state index in [9.17, 15) is 13.2 Å². The van der Waals surface area contributed by atoms with Gasteiger partial charge < -0.3 is 9.64 Å². The fraction of sp³-hybridized carbons (Fsp3) is 0.500. The van der Waals surface area contributed by atoms with Gasteiger partial charge in [-0.25, -0.2) is 9.97 Å². The maximum atomic E-state index is 13.4. The largest absolute Gasteiger partial charge is 0.433 e. The topological polar surface area (TPSA) is 51.1 Å². The lowest BCUT2D eigenvalue weighted by Crippen LogP contribution is -2.53. The zero-order valence-corrected chi connectivity index (χ0v) is 14.1. The number of morpholine rings is 1. The maximum Gasteiger partial charge on any atom is 0.433 e. The van der Waals surface area contributed by atoms with Gasteiger partial charge in [-0.15, -0.1) is 0 Å². The molecular formula is C18H19F3N4O. The van der Waals surface area contributed by atoms with Crippen LogP contribution in [0.25, 0.3) is 11.4 Å². The van der Waals surface area contributed by atoms with Crippen LogP contribution in [0.15, 0.2) is 30.6 Å².